The normalized spacial score (nSPS) is 12.8. The molecule has 3 amide bonds. The van der Waals surface area contributed by atoms with Gasteiger partial charge in [-0.05, 0) is 58.2 Å². The van der Waals surface area contributed by atoms with Crippen LogP contribution in [0.3, 0.4) is 0 Å². The summed E-state index contributed by atoms with van der Waals surface area (Å²) in [4.78, 5) is 51.5. The Kier molecular flexibility index (Phi) is 11.4. The van der Waals surface area contributed by atoms with E-state index in [1.54, 1.807) is 33.8 Å². The van der Waals surface area contributed by atoms with Gasteiger partial charge < -0.3 is 25.0 Å². The molecule has 0 spiro atoms. The number of nitrogens with zero attached hydrogens (tertiary/aromatic N) is 1. The van der Waals surface area contributed by atoms with Gasteiger partial charge in [-0.1, -0.05) is 18.2 Å². The van der Waals surface area contributed by atoms with Crippen molar-refractivity contribution in [3.63, 3.8) is 0 Å². The summed E-state index contributed by atoms with van der Waals surface area (Å²) in [6.07, 6.45) is -0.744. The number of esters is 1. The minimum atomic E-state index is -1.01. The van der Waals surface area contributed by atoms with E-state index >= 15 is 0 Å². The third-order valence-electron chi connectivity index (χ3n) is 4.94. The van der Waals surface area contributed by atoms with Crippen molar-refractivity contribution in [2.45, 2.75) is 65.6 Å². The van der Waals surface area contributed by atoms with Gasteiger partial charge in [-0.2, -0.15) is 12.6 Å². The lowest BCUT2D eigenvalue weighted by molar-refractivity contribution is -0.143. The number of alkyl carbamates (subject to hydrolysis) is 1. The topological polar surface area (TPSA) is 114 Å². The molecule has 10 heteroatoms. The summed E-state index contributed by atoms with van der Waals surface area (Å²) in [5.74, 6) is -1.39. The molecule has 9 nitrogen and oxygen atoms in total. The zero-order valence-electron chi connectivity index (χ0n) is 21.1. The molecular weight excluding hydrogens is 458 g/mol. The maximum Gasteiger partial charge on any atom is 0.408 e. The molecule has 0 aliphatic rings. The number of rotatable bonds is 10. The van der Waals surface area contributed by atoms with E-state index < -0.39 is 41.6 Å². The van der Waals surface area contributed by atoms with E-state index in [9.17, 15) is 19.2 Å². The molecule has 0 bridgehead atoms. The Balaban J connectivity index is 3.12. The van der Waals surface area contributed by atoms with Crippen LogP contribution in [0.2, 0.25) is 0 Å². The van der Waals surface area contributed by atoms with E-state index in [4.69, 9.17) is 9.47 Å². The second kappa shape index (κ2) is 13.2. The number of hydrogen-bond acceptors (Lipinski definition) is 7. The first-order chi connectivity index (χ1) is 15.8. The van der Waals surface area contributed by atoms with Crippen molar-refractivity contribution in [3.8, 4) is 0 Å². The van der Waals surface area contributed by atoms with Crippen LogP contribution >= 0.6 is 12.6 Å². The van der Waals surface area contributed by atoms with Gasteiger partial charge in [-0.3, -0.25) is 14.4 Å². The minimum Gasteiger partial charge on any atom is -0.466 e. The molecule has 0 saturated heterocycles. The number of benzene rings is 1. The highest BCUT2D eigenvalue weighted by molar-refractivity contribution is 7.80. The fraction of sp³-hybridized carbons (Fsp3) is 0.583. The predicted octanol–water partition coefficient (Wildman–Crippen LogP) is 2.70. The Morgan fingerprint density at radius 1 is 1.12 bits per heavy atom. The van der Waals surface area contributed by atoms with E-state index in [2.05, 4.69) is 23.3 Å². The number of ether oxygens (including phenoxy) is 2. The van der Waals surface area contributed by atoms with Crippen LogP contribution in [0, 0.1) is 13.8 Å². The largest absolute Gasteiger partial charge is 0.466 e. The highest BCUT2D eigenvalue weighted by Gasteiger charge is 2.33. The van der Waals surface area contributed by atoms with Crippen molar-refractivity contribution in [3.05, 3.63) is 34.9 Å². The summed E-state index contributed by atoms with van der Waals surface area (Å²) in [5, 5.41) is 5.22. The molecule has 2 atom stereocenters. The van der Waals surface area contributed by atoms with Crippen LogP contribution in [0.25, 0.3) is 0 Å². The summed E-state index contributed by atoms with van der Waals surface area (Å²) < 4.78 is 10.1. The van der Waals surface area contributed by atoms with Crippen molar-refractivity contribution < 1.29 is 28.7 Å². The van der Waals surface area contributed by atoms with Crippen LogP contribution in [0.1, 0.15) is 56.8 Å². The fourth-order valence-corrected chi connectivity index (χ4v) is 3.36. The Labute approximate surface area is 207 Å². The van der Waals surface area contributed by atoms with Crippen molar-refractivity contribution in [1.29, 1.82) is 0 Å². The number of aryl methyl sites for hydroxylation is 2. The van der Waals surface area contributed by atoms with Crippen LogP contribution in [-0.2, 0) is 23.9 Å². The van der Waals surface area contributed by atoms with Gasteiger partial charge in [0, 0.05) is 19.3 Å². The molecule has 0 aromatic heterocycles. The third-order valence-corrected chi connectivity index (χ3v) is 5.30. The summed E-state index contributed by atoms with van der Waals surface area (Å²) in [5.41, 5.74) is 1.86. The second-order valence-corrected chi connectivity index (χ2v) is 9.29. The van der Waals surface area contributed by atoms with E-state index in [0.717, 1.165) is 11.1 Å². The number of thiol groups is 1. The average molecular weight is 496 g/mol. The number of hydrogen-bond donors (Lipinski definition) is 3. The first kappa shape index (κ1) is 29.3. The van der Waals surface area contributed by atoms with Gasteiger partial charge in [0.1, 0.15) is 17.7 Å². The molecule has 1 aromatic carbocycles. The van der Waals surface area contributed by atoms with Crippen LogP contribution in [0.15, 0.2) is 18.2 Å². The van der Waals surface area contributed by atoms with Crippen molar-refractivity contribution in [2.75, 3.05) is 26.0 Å². The Hall–Kier alpha value is -2.75. The molecular formula is C24H37N3O6S. The van der Waals surface area contributed by atoms with Gasteiger partial charge >= 0.3 is 12.1 Å². The van der Waals surface area contributed by atoms with Gasteiger partial charge in [0.2, 0.25) is 11.8 Å². The van der Waals surface area contributed by atoms with E-state index in [1.807, 2.05) is 26.0 Å². The molecule has 2 N–H and O–H groups in total. The zero-order chi connectivity index (χ0) is 26.1. The summed E-state index contributed by atoms with van der Waals surface area (Å²) in [6, 6.07) is 3.49. The highest BCUT2D eigenvalue weighted by Crippen LogP contribution is 2.23. The Morgan fingerprint density at radius 3 is 2.29 bits per heavy atom. The van der Waals surface area contributed by atoms with E-state index in [0.29, 0.717) is 5.56 Å². The lowest BCUT2D eigenvalue weighted by Gasteiger charge is -2.31. The molecule has 34 heavy (non-hydrogen) atoms. The maximum atomic E-state index is 13.3. The van der Waals surface area contributed by atoms with E-state index in [-0.39, 0.29) is 25.3 Å². The molecule has 2 unspecified atom stereocenters. The van der Waals surface area contributed by atoms with E-state index in [1.165, 1.54) is 11.9 Å². The van der Waals surface area contributed by atoms with Gasteiger partial charge in [0.25, 0.3) is 0 Å². The van der Waals surface area contributed by atoms with Gasteiger partial charge in [0.05, 0.1) is 13.0 Å². The Morgan fingerprint density at radius 2 is 1.76 bits per heavy atom. The maximum absolute atomic E-state index is 13.3. The Bertz CT molecular complexity index is 884. The highest BCUT2D eigenvalue weighted by atomic mass is 32.1. The molecule has 0 saturated carbocycles. The fourth-order valence-electron chi connectivity index (χ4n) is 3.11. The van der Waals surface area contributed by atoms with Crippen LogP contribution < -0.4 is 10.6 Å². The van der Waals surface area contributed by atoms with Crippen LogP contribution in [0.4, 0.5) is 4.79 Å². The molecule has 1 aromatic rings. The second-order valence-electron chi connectivity index (χ2n) is 8.92. The van der Waals surface area contributed by atoms with Crippen molar-refractivity contribution in [2.24, 2.45) is 0 Å². The quantitative estimate of drug-likeness (QED) is 0.340. The predicted molar refractivity (Wildman–Crippen MR) is 133 cm³/mol. The molecule has 0 aliphatic carbocycles. The zero-order valence-corrected chi connectivity index (χ0v) is 22.0. The summed E-state index contributed by atoms with van der Waals surface area (Å²) in [7, 11) is 1.49. The monoisotopic (exact) mass is 495 g/mol. The van der Waals surface area contributed by atoms with Gasteiger partial charge in [0.15, 0.2) is 0 Å². The molecule has 0 aliphatic heterocycles. The number of carbonyl (C=O) groups is 4. The van der Waals surface area contributed by atoms with Crippen LogP contribution in [0.5, 0.6) is 0 Å². The third kappa shape index (κ3) is 9.24. The molecule has 0 radical (unpaired) electrons. The molecule has 190 valence electrons. The van der Waals surface area contributed by atoms with Gasteiger partial charge in [-0.15, -0.1) is 0 Å². The first-order valence-corrected chi connectivity index (χ1v) is 11.8. The first-order valence-electron chi connectivity index (χ1n) is 11.2. The summed E-state index contributed by atoms with van der Waals surface area (Å²) >= 11 is 4.20. The number of nitrogens with one attached hydrogen (secondary N) is 2. The standard InChI is InChI=1S/C24H37N3O6S/c1-8-32-19(28)11-12-25-21(29)20(17-10-9-15(2)16(3)13-17)27(7)22(30)18(14-34)26-23(31)33-24(4,5)6/h9-10,13,18,20,34H,8,11-12,14H2,1-7H3,(H,25,29)(H,26,31). The van der Waals surface area contributed by atoms with Crippen molar-refractivity contribution >= 4 is 36.5 Å². The SMILES string of the molecule is CCOC(=O)CCNC(=O)C(c1ccc(C)c(C)c1)N(C)C(=O)C(CS)NC(=O)OC(C)(C)C. The number of amides is 3. The van der Waals surface area contributed by atoms with Gasteiger partial charge in [-0.25, -0.2) is 4.79 Å². The lowest BCUT2D eigenvalue weighted by Crippen LogP contribution is -2.52. The molecule has 0 fully saturated rings. The average Bonchev–Trinajstić information content (AvgIpc) is 2.73. The molecule has 1 rings (SSSR count). The molecule has 0 heterocycles. The minimum absolute atomic E-state index is 0.00649. The van der Waals surface area contributed by atoms with Crippen molar-refractivity contribution in [1.82, 2.24) is 15.5 Å². The lowest BCUT2D eigenvalue weighted by atomic mass is 9.99. The smallest absolute Gasteiger partial charge is 0.408 e. The van der Waals surface area contributed by atoms with Crippen LogP contribution in [-0.4, -0.2) is 66.4 Å². The summed E-state index contributed by atoms with van der Waals surface area (Å²) in [6.45, 7) is 11.0. The number of likely N-dealkylation sites (N-methyl/N-ethyl adjacent to an activating group) is 1. The number of carbonyl (C=O) groups excluding carboxylic acids is 4.